The quantitative estimate of drug-likeness (QED) is 0.777. The molecule has 19 heavy (non-hydrogen) atoms. The van der Waals surface area contributed by atoms with Gasteiger partial charge in [-0.2, -0.15) is 0 Å². The van der Waals surface area contributed by atoms with Crippen LogP contribution in [0.4, 0.5) is 0 Å². The van der Waals surface area contributed by atoms with Crippen molar-refractivity contribution in [3.8, 4) is 0 Å². The van der Waals surface area contributed by atoms with E-state index in [0.29, 0.717) is 0 Å². The predicted molar refractivity (Wildman–Crippen MR) is 77.9 cm³/mol. The molecule has 96 valence electrons. The van der Waals surface area contributed by atoms with Gasteiger partial charge in [0.1, 0.15) is 0 Å². The molecule has 2 heterocycles. The summed E-state index contributed by atoms with van der Waals surface area (Å²) in [6, 6.07) is 12.5. The first-order chi connectivity index (χ1) is 9.24. The Morgan fingerprint density at radius 2 is 2.05 bits per heavy atom. The lowest BCUT2D eigenvalue weighted by Crippen LogP contribution is -2.04. The molecular formula is C16H17N3. The minimum Gasteiger partial charge on any atom is -0.349 e. The van der Waals surface area contributed by atoms with Crippen LogP contribution in [0.3, 0.4) is 0 Å². The molecular weight excluding hydrogens is 234 g/mol. The summed E-state index contributed by atoms with van der Waals surface area (Å²) in [5, 5.41) is 1.18. The van der Waals surface area contributed by atoms with Gasteiger partial charge in [0.2, 0.25) is 0 Å². The third-order valence-corrected chi connectivity index (χ3v) is 3.37. The van der Waals surface area contributed by atoms with Crippen molar-refractivity contribution >= 4 is 10.9 Å². The number of para-hydroxylation sites is 1. The molecule has 1 unspecified atom stereocenters. The Morgan fingerprint density at radius 3 is 2.84 bits per heavy atom. The highest BCUT2D eigenvalue weighted by molar-refractivity contribution is 5.81. The molecule has 0 saturated heterocycles. The van der Waals surface area contributed by atoms with E-state index in [1.54, 1.807) is 0 Å². The number of nitrogens with zero attached hydrogens (tertiary/aromatic N) is 2. The average molecular weight is 251 g/mol. The molecule has 1 atom stereocenters. The molecule has 0 fully saturated rings. The Bertz CT molecular complexity index is 693. The molecule has 3 heteroatoms. The number of rotatable bonds is 3. The molecule has 2 aromatic heterocycles. The first-order valence-electron chi connectivity index (χ1n) is 6.48. The van der Waals surface area contributed by atoms with Crippen LogP contribution in [0.1, 0.15) is 24.1 Å². The average Bonchev–Trinajstić information content (AvgIpc) is 2.88. The number of hydrogen-bond donors (Lipinski definition) is 1. The Morgan fingerprint density at radius 1 is 1.21 bits per heavy atom. The predicted octanol–water partition coefficient (Wildman–Crippen LogP) is 3.10. The van der Waals surface area contributed by atoms with Gasteiger partial charge in [0.05, 0.1) is 5.52 Å². The van der Waals surface area contributed by atoms with Crippen molar-refractivity contribution in [2.45, 2.75) is 19.5 Å². The van der Waals surface area contributed by atoms with Crippen molar-refractivity contribution in [1.29, 1.82) is 0 Å². The summed E-state index contributed by atoms with van der Waals surface area (Å²) in [5.41, 5.74) is 9.34. The normalized spacial score (nSPS) is 12.7. The van der Waals surface area contributed by atoms with Crippen molar-refractivity contribution in [3.05, 3.63) is 66.1 Å². The fourth-order valence-electron chi connectivity index (χ4n) is 2.32. The van der Waals surface area contributed by atoms with Gasteiger partial charge in [0.15, 0.2) is 0 Å². The molecule has 0 aliphatic rings. The number of benzene rings is 1. The maximum atomic E-state index is 5.89. The number of pyridine rings is 1. The van der Waals surface area contributed by atoms with E-state index in [1.165, 1.54) is 10.9 Å². The Hall–Kier alpha value is -2.13. The highest BCUT2D eigenvalue weighted by Gasteiger charge is 2.05. The Balaban J connectivity index is 1.96. The Labute approximate surface area is 112 Å². The van der Waals surface area contributed by atoms with E-state index in [1.807, 2.05) is 19.2 Å². The van der Waals surface area contributed by atoms with Gasteiger partial charge in [-0.1, -0.05) is 24.3 Å². The smallest absolute Gasteiger partial charge is 0.0751 e. The first-order valence-corrected chi connectivity index (χ1v) is 6.48. The van der Waals surface area contributed by atoms with Crippen molar-refractivity contribution < 1.29 is 0 Å². The summed E-state index contributed by atoms with van der Waals surface area (Å²) < 4.78 is 2.15. The molecule has 0 aliphatic heterocycles. The second-order valence-electron chi connectivity index (χ2n) is 4.90. The summed E-state index contributed by atoms with van der Waals surface area (Å²) >= 11 is 0. The minimum absolute atomic E-state index is 0.0758. The lowest BCUT2D eigenvalue weighted by atomic mass is 10.1. The van der Waals surface area contributed by atoms with E-state index in [0.717, 1.165) is 17.6 Å². The van der Waals surface area contributed by atoms with Crippen LogP contribution in [0.5, 0.6) is 0 Å². The first kappa shape index (κ1) is 11.9. The van der Waals surface area contributed by atoms with Gasteiger partial charge in [0, 0.05) is 36.6 Å². The zero-order valence-corrected chi connectivity index (χ0v) is 11.0. The van der Waals surface area contributed by atoms with E-state index in [-0.39, 0.29) is 6.04 Å². The van der Waals surface area contributed by atoms with E-state index in [4.69, 9.17) is 5.73 Å². The van der Waals surface area contributed by atoms with E-state index >= 15 is 0 Å². The van der Waals surface area contributed by atoms with Crippen LogP contribution in [-0.2, 0) is 6.54 Å². The van der Waals surface area contributed by atoms with E-state index in [9.17, 15) is 0 Å². The lowest BCUT2D eigenvalue weighted by Gasteiger charge is -2.07. The number of aromatic nitrogens is 2. The zero-order valence-electron chi connectivity index (χ0n) is 11.0. The second-order valence-corrected chi connectivity index (χ2v) is 4.90. The molecule has 0 radical (unpaired) electrons. The van der Waals surface area contributed by atoms with Gasteiger partial charge in [-0.05, 0) is 30.2 Å². The van der Waals surface area contributed by atoms with Gasteiger partial charge < -0.3 is 10.3 Å². The molecule has 3 aromatic rings. The lowest BCUT2D eigenvalue weighted by molar-refractivity contribution is 0.780. The second kappa shape index (κ2) is 4.86. The van der Waals surface area contributed by atoms with Gasteiger partial charge in [-0.25, -0.2) is 0 Å². The number of nitrogens with two attached hydrogens (primary N) is 1. The summed E-state index contributed by atoms with van der Waals surface area (Å²) in [5.74, 6) is 0. The largest absolute Gasteiger partial charge is 0.349 e. The molecule has 0 spiro atoms. The molecule has 0 amide bonds. The van der Waals surface area contributed by atoms with Crippen LogP contribution in [-0.4, -0.2) is 9.55 Å². The summed E-state index contributed by atoms with van der Waals surface area (Å²) in [7, 11) is 0. The van der Waals surface area contributed by atoms with Crippen molar-refractivity contribution in [2.24, 2.45) is 5.73 Å². The van der Waals surface area contributed by atoms with E-state index in [2.05, 4.69) is 52.3 Å². The van der Waals surface area contributed by atoms with Crippen LogP contribution in [0.2, 0.25) is 0 Å². The molecule has 2 N–H and O–H groups in total. The van der Waals surface area contributed by atoms with Crippen LogP contribution in [0.15, 0.2) is 55.0 Å². The van der Waals surface area contributed by atoms with Crippen LogP contribution < -0.4 is 5.73 Å². The van der Waals surface area contributed by atoms with Crippen molar-refractivity contribution in [2.75, 3.05) is 0 Å². The summed E-state index contributed by atoms with van der Waals surface area (Å²) in [4.78, 5) is 4.48. The van der Waals surface area contributed by atoms with Crippen LogP contribution >= 0.6 is 0 Å². The third kappa shape index (κ3) is 2.37. The standard InChI is InChI=1S/C16H17N3/c1-12(17)14-7-9-19(10-14)11-15-5-2-4-13-6-3-8-18-16(13)15/h2-10,12H,11,17H2,1H3. The molecule has 1 aromatic carbocycles. The Kier molecular flexibility index (Phi) is 3.05. The monoisotopic (exact) mass is 251 g/mol. The van der Waals surface area contributed by atoms with Gasteiger partial charge in [0.25, 0.3) is 0 Å². The summed E-state index contributed by atoms with van der Waals surface area (Å²) in [6.45, 7) is 2.82. The fraction of sp³-hybridized carbons (Fsp3) is 0.188. The maximum absolute atomic E-state index is 5.89. The van der Waals surface area contributed by atoms with Crippen molar-refractivity contribution in [3.63, 3.8) is 0 Å². The molecule has 0 saturated carbocycles. The van der Waals surface area contributed by atoms with Gasteiger partial charge in [-0.15, -0.1) is 0 Å². The molecule has 3 nitrogen and oxygen atoms in total. The number of hydrogen-bond acceptors (Lipinski definition) is 2. The van der Waals surface area contributed by atoms with Crippen LogP contribution in [0.25, 0.3) is 10.9 Å². The summed E-state index contributed by atoms with van der Waals surface area (Å²) in [6.07, 6.45) is 6.02. The molecule has 0 aliphatic carbocycles. The minimum atomic E-state index is 0.0758. The maximum Gasteiger partial charge on any atom is 0.0751 e. The SMILES string of the molecule is CC(N)c1ccn(Cc2cccc3cccnc23)c1. The van der Waals surface area contributed by atoms with Crippen LogP contribution in [0, 0.1) is 0 Å². The zero-order chi connectivity index (χ0) is 13.2. The number of fused-ring (bicyclic) bond motifs is 1. The van der Waals surface area contributed by atoms with E-state index < -0.39 is 0 Å². The highest BCUT2D eigenvalue weighted by Crippen LogP contribution is 2.18. The van der Waals surface area contributed by atoms with Gasteiger partial charge >= 0.3 is 0 Å². The fourth-order valence-corrected chi connectivity index (χ4v) is 2.32. The van der Waals surface area contributed by atoms with Gasteiger partial charge in [-0.3, -0.25) is 4.98 Å². The van der Waals surface area contributed by atoms with Crippen molar-refractivity contribution in [1.82, 2.24) is 9.55 Å². The third-order valence-electron chi connectivity index (χ3n) is 3.37. The highest BCUT2D eigenvalue weighted by atomic mass is 14.9. The molecule has 0 bridgehead atoms. The topological polar surface area (TPSA) is 43.8 Å². The molecule has 3 rings (SSSR count).